The molecule has 2 heterocycles. The van der Waals surface area contributed by atoms with Gasteiger partial charge >= 0.3 is 0 Å². The molecule has 1 saturated carbocycles. The van der Waals surface area contributed by atoms with Crippen molar-refractivity contribution >= 4 is 34.2 Å². The molecule has 0 N–H and O–H groups in total. The second-order valence-corrected chi connectivity index (χ2v) is 8.47. The molecule has 2 aromatic carbocycles. The third-order valence-corrected chi connectivity index (χ3v) is 6.42. The molecule has 150 valence electrons. The zero-order valence-electron chi connectivity index (χ0n) is 16.4. The monoisotopic (exact) mass is 409 g/mol. The molecule has 5 nitrogen and oxygen atoms in total. The number of benzene rings is 2. The van der Waals surface area contributed by atoms with Crippen molar-refractivity contribution < 1.29 is 9.53 Å². The number of rotatable bonds is 6. The van der Waals surface area contributed by atoms with Crippen LogP contribution in [-0.4, -0.2) is 34.0 Å². The van der Waals surface area contributed by atoms with Crippen molar-refractivity contribution in [1.82, 2.24) is 9.55 Å². The number of nitrogens with zero attached hydrogens (tertiary/aromatic N) is 3. The Kier molecular flexibility index (Phi) is 4.70. The van der Waals surface area contributed by atoms with E-state index in [1.165, 1.54) is 0 Å². The Morgan fingerprint density at radius 1 is 1.17 bits per heavy atom. The lowest BCUT2D eigenvalue weighted by molar-refractivity contribution is -0.117. The minimum atomic E-state index is 0.0778. The number of aromatic nitrogens is 2. The summed E-state index contributed by atoms with van der Waals surface area (Å²) in [5, 5.41) is 0.259. The van der Waals surface area contributed by atoms with Gasteiger partial charge in [0.2, 0.25) is 5.91 Å². The summed E-state index contributed by atoms with van der Waals surface area (Å²) in [4.78, 5) is 19.6. The number of carbonyl (C=O) groups excluding carboxylic acids is 1. The first-order chi connectivity index (χ1) is 14.1. The van der Waals surface area contributed by atoms with Gasteiger partial charge in [-0.2, -0.15) is 0 Å². The van der Waals surface area contributed by atoms with Crippen molar-refractivity contribution in [3.8, 4) is 5.75 Å². The van der Waals surface area contributed by atoms with Gasteiger partial charge in [-0.05, 0) is 55.7 Å². The normalized spacial score (nSPS) is 23.7. The molecule has 5 rings (SSSR count). The fourth-order valence-electron chi connectivity index (χ4n) is 4.25. The van der Waals surface area contributed by atoms with Gasteiger partial charge in [0.25, 0.3) is 0 Å². The van der Waals surface area contributed by atoms with Gasteiger partial charge in [-0.15, -0.1) is 11.6 Å². The van der Waals surface area contributed by atoms with Crippen LogP contribution in [0.3, 0.4) is 0 Å². The Morgan fingerprint density at radius 2 is 1.93 bits per heavy atom. The van der Waals surface area contributed by atoms with Gasteiger partial charge < -0.3 is 14.2 Å². The largest absolute Gasteiger partial charge is 0.494 e. The predicted molar refractivity (Wildman–Crippen MR) is 115 cm³/mol. The number of hydrogen-bond donors (Lipinski definition) is 0. The van der Waals surface area contributed by atoms with Gasteiger partial charge in [-0.3, -0.25) is 4.79 Å². The van der Waals surface area contributed by atoms with Crippen molar-refractivity contribution in [2.24, 2.45) is 5.92 Å². The molecule has 1 aliphatic carbocycles. The number of alkyl halides is 1. The summed E-state index contributed by atoms with van der Waals surface area (Å²) in [6.45, 7) is 4.11. The van der Waals surface area contributed by atoms with E-state index in [1.807, 2.05) is 54.3 Å². The highest BCUT2D eigenvalue weighted by Gasteiger charge is 2.39. The standard InChI is InChI=1S/C23H24ClN3O2/c1-2-29-18-9-7-17(8-10-18)26-14-16(12-22(26)28)23-25-20-5-3-4-6-21(20)27(23)13-15-11-19(15)24/h3-10,15-16,19H,2,11-14H2,1H3. The van der Waals surface area contributed by atoms with Crippen LogP contribution in [0.5, 0.6) is 5.75 Å². The maximum absolute atomic E-state index is 12.8. The van der Waals surface area contributed by atoms with E-state index in [-0.39, 0.29) is 17.2 Å². The number of amides is 1. The Hall–Kier alpha value is -2.53. The number of carbonyl (C=O) groups is 1. The van der Waals surface area contributed by atoms with Crippen LogP contribution in [-0.2, 0) is 11.3 Å². The maximum Gasteiger partial charge on any atom is 0.227 e. The molecule has 2 aliphatic rings. The smallest absolute Gasteiger partial charge is 0.227 e. The molecule has 0 spiro atoms. The average Bonchev–Trinajstić information content (AvgIpc) is 3.11. The van der Waals surface area contributed by atoms with Crippen LogP contribution in [0.4, 0.5) is 5.69 Å². The van der Waals surface area contributed by atoms with Gasteiger partial charge in [-0.1, -0.05) is 12.1 Å². The molecule has 1 saturated heterocycles. The van der Waals surface area contributed by atoms with Crippen LogP contribution in [0.1, 0.15) is 31.5 Å². The minimum Gasteiger partial charge on any atom is -0.494 e. The van der Waals surface area contributed by atoms with E-state index in [4.69, 9.17) is 21.3 Å². The van der Waals surface area contributed by atoms with Crippen LogP contribution >= 0.6 is 11.6 Å². The van der Waals surface area contributed by atoms with Crippen molar-refractivity contribution in [2.75, 3.05) is 18.1 Å². The van der Waals surface area contributed by atoms with E-state index in [0.29, 0.717) is 25.5 Å². The fraction of sp³-hybridized carbons (Fsp3) is 0.391. The van der Waals surface area contributed by atoms with Crippen LogP contribution in [0.2, 0.25) is 0 Å². The summed E-state index contributed by atoms with van der Waals surface area (Å²) >= 11 is 6.29. The number of fused-ring (bicyclic) bond motifs is 1. The molecule has 1 aromatic heterocycles. The lowest BCUT2D eigenvalue weighted by Crippen LogP contribution is -2.24. The zero-order valence-corrected chi connectivity index (χ0v) is 17.2. The van der Waals surface area contributed by atoms with Gasteiger partial charge in [0.1, 0.15) is 11.6 Å². The number of anilines is 1. The topological polar surface area (TPSA) is 47.4 Å². The summed E-state index contributed by atoms with van der Waals surface area (Å²) in [5.74, 6) is 2.53. The summed E-state index contributed by atoms with van der Waals surface area (Å²) in [6.07, 6.45) is 1.53. The molecule has 0 bridgehead atoms. The van der Waals surface area contributed by atoms with Gasteiger partial charge in [0.15, 0.2) is 0 Å². The molecule has 0 radical (unpaired) electrons. The SMILES string of the molecule is CCOc1ccc(N2CC(c3nc4ccccc4n3CC3CC3Cl)CC2=O)cc1. The van der Waals surface area contributed by atoms with Crippen LogP contribution in [0, 0.1) is 5.92 Å². The van der Waals surface area contributed by atoms with Crippen molar-refractivity contribution in [3.05, 3.63) is 54.4 Å². The summed E-state index contributed by atoms with van der Waals surface area (Å²) in [5.41, 5.74) is 3.03. The lowest BCUT2D eigenvalue weighted by atomic mass is 10.1. The van der Waals surface area contributed by atoms with Crippen molar-refractivity contribution in [1.29, 1.82) is 0 Å². The van der Waals surface area contributed by atoms with Crippen LogP contribution < -0.4 is 9.64 Å². The first-order valence-electron chi connectivity index (χ1n) is 10.3. The highest BCUT2D eigenvalue weighted by atomic mass is 35.5. The Balaban J connectivity index is 1.43. The number of imidazole rings is 1. The fourth-order valence-corrected chi connectivity index (χ4v) is 4.56. The van der Waals surface area contributed by atoms with E-state index in [1.54, 1.807) is 0 Å². The third-order valence-electron chi connectivity index (χ3n) is 5.89. The van der Waals surface area contributed by atoms with E-state index in [2.05, 4.69) is 10.6 Å². The highest BCUT2D eigenvalue weighted by Crippen LogP contribution is 2.40. The molecule has 29 heavy (non-hydrogen) atoms. The highest BCUT2D eigenvalue weighted by molar-refractivity contribution is 6.22. The van der Waals surface area contributed by atoms with Crippen LogP contribution in [0.15, 0.2) is 48.5 Å². The summed E-state index contributed by atoms with van der Waals surface area (Å²) < 4.78 is 7.81. The van der Waals surface area contributed by atoms with Crippen LogP contribution in [0.25, 0.3) is 11.0 Å². The average molecular weight is 410 g/mol. The molecule has 6 heteroatoms. The van der Waals surface area contributed by atoms with Gasteiger partial charge in [0.05, 0.1) is 17.6 Å². The second-order valence-electron chi connectivity index (χ2n) is 7.91. The minimum absolute atomic E-state index is 0.0778. The van der Waals surface area contributed by atoms with E-state index < -0.39 is 0 Å². The molecule has 1 aliphatic heterocycles. The van der Waals surface area contributed by atoms with Gasteiger partial charge in [0, 0.05) is 36.5 Å². The van der Waals surface area contributed by atoms with Crippen molar-refractivity contribution in [3.63, 3.8) is 0 Å². The Labute approximate surface area is 175 Å². The Morgan fingerprint density at radius 3 is 2.66 bits per heavy atom. The number of para-hydroxylation sites is 2. The molecule has 3 atom stereocenters. The summed E-state index contributed by atoms with van der Waals surface area (Å²) in [7, 11) is 0. The first kappa shape index (κ1) is 18.5. The molecular formula is C23H24ClN3O2. The number of hydrogen-bond acceptors (Lipinski definition) is 3. The quantitative estimate of drug-likeness (QED) is 0.560. The second kappa shape index (κ2) is 7.38. The molecule has 1 amide bonds. The first-order valence-corrected chi connectivity index (χ1v) is 10.7. The predicted octanol–water partition coefficient (Wildman–Crippen LogP) is 4.58. The Bertz CT molecular complexity index is 1050. The van der Waals surface area contributed by atoms with E-state index in [9.17, 15) is 4.79 Å². The molecule has 3 unspecified atom stereocenters. The van der Waals surface area contributed by atoms with E-state index in [0.717, 1.165) is 41.3 Å². The van der Waals surface area contributed by atoms with Gasteiger partial charge in [-0.25, -0.2) is 4.98 Å². The molecule has 3 aromatic rings. The summed E-state index contributed by atoms with van der Waals surface area (Å²) in [6, 6.07) is 16.0. The van der Waals surface area contributed by atoms with E-state index >= 15 is 0 Å². The molecular weight excluding hydrogens is 386 g/mol. The molecule has 2 fully saturated rings. The number of ether oxygens (including phenoxy) is 1. The maximum atomic E-state index is 12.8. The van der Waals surface area contributed by atoms with Crippen molar-refractivity contribution in [2.45, 2.75) is 37.6 Å². The lowest BCUT2D eigenvalue weighted by Gasteiger charge is -2.18. The number of halogens is 1. The third kappa shape index (κ3) is 3.48. The zero-order chi connectivity index (χ0) is 20.0.